The zero-order valence-corrected chi connectivity index (χ0v) is 21.1. The Kier molecular flexibility index (Phi) is 4.86. The molecule has 2 aliphatic carbocycles. The van der Waals surface area contributed by atoms with Gasteiger partial charge in [0.2, 0.25) is 5.95 Å². The number of nitrogens with one attached hydrogen (secondary N) is 2. The summed E-state index contributed by atoms with van der Waals surface area (Å²) in [4.78, 5) is 27.4. The summed E-state index contributed by atoms with van der Waals surface area (Å²) in [5.74, 6) is 0.967. The topological polar surface area (TPSA) is 89.7 Å². The molecule has 4 heterocycles. The second-order valence-corrected chi connectivity index (χ2v) is 11.0. The summed E-state index contributed by atoms with van der Waals surface area (Å²) >= 11 is 0. The average Bonchev–Trinajstić information content (AvgIpc) is 3.83. The molecule has 1 aromatic carbocycles. The van der Waals surface area contributed by atoms with Crippen molar-refractivity contribution >= 4 is 22.7 Å². The molecule has 0 amide bonds. The second-order valence-electron chi connectivity index (χ2n) is 11.0. The molecule has 0 radical (unpaired) electrons. The van der Waals surface area contributed by atoms with E-state index in [1.54, 1.807) is 15.6 Å². The third-order valence-corrected chi connectivity index (χ3v) is 8.20. The van der Waals surface area contributed by atoms with Crippen LogP contribution >= 0.6 is 0 Å². The van der Waals surface area contributed by atoms with Crippen LogP contribution in [0.3, 0.4) is 0 Å². The van der Waals surface area contributed by atoms with Gasteiger partial charge >= 0.3 is 0 Å². The summed E-state index contributed by atoms with van der Waals surface area (Å²) in [6.45, 7) is 4.46. The van der Waals surface area contributed by atoms with Gasteiger partial charge in [0, 0.05) is 35.4 Å². The van der Waals surface area contributed by atoms with Gasteiger partial charge in [0.1, 0.15) is 12.1 Å². The van der Waals surface area contributed by atoms with Crippen molar-refractivity contribution in [3.05, 3.63) is 69.8 Å². The summed E-state index contributed by atoms with van der Waals surface area (Å²) in [5, 5.41) is 7.44. The van der Waals surface area contributed by atoms with E-state index in [9.17, 15) is 9.18 Å². The number of benzene rings is 1. The molecule has 2 N–H and O–H groups in total. The maximum absolute atomic E-state index is 13.8. The van der Waals surface area contributed by atoms with E-state index in [2.05, 4.69) is 33.8 Å². The van der Waals surface area contributed by atoms with Crippen molar-refractivity contribution in [1.29, 1.82) is 0 Å². The maximum Gasteiger partial charge on any atom is 0.278 e. The Morgan fingerprint density at radius 2 is 1.97 bits per heavy atom. The quantitative estimate of drug-likeness (QED) is 0.408. The number of hydrogen-bond acceptors (Lipinski definition) is 6. The van der Waals surface area contributed by atoms with Crippen molar-refractivity contribution in [2.45, 2.75) is 62.9 Å². The summed E-state index contributed by atoms with van der Waals surface area (Å²) in [6.07, 6.45) is 6.54. The van der Waals surface area contributed by atoms with E-state index in [0.717, 1.165) is 37.2 Å². The lowest BCUT2D eigenvalue weighted by Gasteiger charge is -2.27. The van der Waals surface area contributed by atoms with E-state index in [1.807, 2.05) is 32.0 Å². The smallest absolute Gasteiger partial charge is 0.278 e. The largest absolute Gasteiger partial charge is 0.324 e. The Morgan fingerprint density at radius 1 is 1.14 bits per heavy atom. The number of anilines is 2. The minimum absolute atomic E-state index is 0.136. The lowest BCUT2D eigenvalue weighted by molar-refractivity contribution is 0.410. The molecule has 4 aromatic rings. The third-order valence-electron chi connectivity index (χ3n) is 8.20. The van der Waals surface area contributed by atoms with Crippen LogP contribution in [0, 0.1) is 0 Å². The highest BCUT2D eigenvalue weighted by molar-refractivity contribution is 5.77. The van der Waals surface area contributed by atoms with Crippen LogP contribution in [0.15, 0.2) is 47.4 Å². The molecule has 3 aromatic heterocycles. The minimum atomic E-state index is -0.495. The van der Waals surface area contributed by atoms with E-state index in [-0.39, 0.29) is 17.1 Å². The van der Waals surface area contributed by atoms with Crippen molar-refractivity contribution in [3.63, 3.8) is 0 Å². The highest BCUT2D eigenvalue weighted by atomic mass is 19.1. The van der Waals surface area contributed by atoms with Gasteiger partial charge < -0.3 is 10.6 Å². The molecule has 7 rings (SSSR count). The minimum Gasteiger partial charge on any atom is -0.324 e. The van der Waals surface area contributed by atoms with Gasteiger partial charge in [-0.1, -0.05) is 12.1 Å². The van der Waals surface area contributed by atoms with E-state index >= 15 is 0 Å². The first kappa shape index (κ1) is 22.6. The standard InChI is InChI=1S/C28H30FN7O/c1-17(2)35-25(37)20-15-30-26(32-19-6-7-21-18(14-19)8-13-31-28(21)11-12-28)34-24(20)36(35)23-5-3-4-22(33-23)27(16-29)9-10-27/h3-7,14-15,17,31H,8-13,16H2,1-2H3,(H,30,32,34). The summed E-state index contributed by atoms with van der Waals surface area (Å²) in [6, 6.07) is 11.9. The Labute approximate surface area is 213 Å². The molecule has 0 bridgehead atoms. The fraction of sp³-hybridized carbons (Fsp3) is 0.429. The lowest BCUT2D eigenvalue weighted by atomic mass is 9.92. The third kappa shape index (κ3) is 3.51. The van der Waals surface area contributed by atoms with Crippen molar-refractivity contribution in [2.24, 2.45) is 0 Å². The van der Waals surface area contributed by atoms with Crippen LogP contribution in [0.5, 0.6) is 0 Å². The first-order chi connectivity index (χ1) is 17.9. The molecular weight excluding hydrogens is 469 g/mol. The molecule has 0 unspecified atom stereocenters. The van der Waals surface area contributed by atoms with E-state index < -0.39 is 12.1 Å². The number of halogens is 1. The molecule has 9 heteroatoms. The van der Waals surface area contributed by atoms with Crippen LogP contribution in [0.1, 0.15) is 62.4 Å². The van der Waals surface area contributed by atoms with Crippen molar-refractivity contribution in [3.8, 4) is 5.82 Å². The van der Waals surface area contributed by atoms with Crippen molar-refractivity contribution < 1.29 is 4.39 Å². The van der Waals surface area contributed by atoms with E-state index in [0.29, 0.717) is 22.8 Å². The Morgan fingerprint density at radius 3 is 2.70 bits per heavy atom. The van der Waals surface area contributed by atoms with Crippen LogP contribution in [0.4, 0.5) is 16.0 Å². The monoisotopic (exact) mass is 499 g/mol. The summed E-state index contributed by atoms with van der Waals surface area (Å²) < 4.78 is 17.2. The zero-order chi connectivity index (χ0) is 25.4. The van der Waals surface area contributed by atoms with Gasteiger partial charge in [-0.25, -0.2) is 19.3 Å². The van der Waals surface area contributed by atoms with Gasteiger partial charge in [-0.05, 0) is 81.3 Å². The average molecular weight is 500 g/mol. The lowest BCUT2D eigenvalue weighted by Crippen LogP contribution is -2.36. The number of aromatic nitrogens is 5. The van der Waals surface area contributed by atoms with E-state index in [4.69, 9.17) is 9.97 Å². The van der Waals surface area contributed by atoms with Gasteiger partial charge in [0.15, 0.2) is 11.5 Å². The van der Waals surface area contributed by atoms with Gasteiger partial charge in [-0.3, -0.25) is 9.18 Å². The Hall–Kier alpha value is -3.59. The number of pyridine rings is 1. The number of nitrogens with zero attached hydrogens (tertiary/aromatic N) is 5. The van der Waals surface area contributed by atoms with Crippen molar-refractivity contribution in [2.75, 3.05) is 18.5 Å². The van der Waals surface area contributed by atoms with Gasteiger partial charge in [0.05, 0.1) is 5.69 Å². The molecule has 0 saturated heterocycles. The van der Waals surface area contributed by atoms with Gasteiger partial charge in [-0.15, -0.1) is 0 Å². The van der Waals surface area contributed by atoms with Gasteiger partial charge in [-0.2, -0.15) is 4.98 Å². The number of alkyl halides is 1. The van der Waals surface area contributed by atoms with Crippen LogP contribution < -0.4 is 16.2 Å². The molecule has 1 spiro atoms. The SMILES string of the molecule is CC(C)n1c(=O)c2cnc(Nc3ccc4c(c3)CCNC43CC3)nc2n1-c1cccc(C2(CF)CC2)n1. The predicted molar refractivity (Wildman–Crippen MR) is 141 cm³/mol. The molecular formula is C28H30FN7O. The molecule has 3 aliphatic rings. The summed E-state index contributed by atoms with van der Waals surface area (Å²) in [7, 11) is 0. The van der Waals surface area contributed by atoms with Crippen LogP contribution in [-0.2, 0) is 17.4 Å². The molecule has 8 nitrogen and oxygen atoms in total. The molecule has 1 aliphatic heterocycles. The fourth-order valence-electron chi connectivity index (χ4n) is 5.77. The predicted octanol–water partition coefficient (Wildman–Crippen LogP) is 4.44. The maximum atomic E-state index is 13.8. The number of hydrogen-bond donors (Lipinski definition) is 2. The molecule has 37 heavy (non-hydrogen) atoms. The molecule has 2 saturated carbocycles. The van der Waals surface area contributed by atoms with Crippen molar-refractivity contribution in [1.82, 2.24) is 29.6 Å². The Balaban J connectivity index is 1.31. The van der Waals surface area contributed by atoms with Crippen LogP contribution in [-0.4, -0.2) is 37.5 Å². The van der Waals surface area contributed by atoms with Gasteiger partial charge in [0.25, 0.3) is 5.56 Å². The van der Waals surface area contributed by atoms with Crippen LogP contribution in [0.2, 0.25) is 0 Å². The number of rotatable bonds is 6. The highest BCUT2D eigenvalue weighted by Crippen LogP contribution is 2.49. The molecule has 190 valence electrons. The second kappa shape index (κ2) is 7.95. The zero-order valence-electron chi connectivity index (χ0n) is 21.1. The summed E-state index contributed by atoms with van der Waals surface area (Å²) in [5.41, 5.74) is 4.39. The Bertz CT molecular complexity index is 1600. The first-order valence-electron chi connectivity index (χ1n) is 13.1. The van der Waals surface area contributed by atoms with E-state index in [1.165, 1.54) is 24.0 Å². The van der Waals surface area contributed by atoms with Crippen LogP contribution in [0.25, 0.3) is 16.9 Å². The fourth-order valence-corrected chi connectivity index (χ4v) is 5.77. The highest BCUT2D eigenvalue weighted by Gasteiger charge is 2.47. The first-order valence-corrected chi connectivity index (χ1v) is 13.1. The molecule has 2 fully saturated rings. The molecule has 0 atom stereocenters. The normalized spacial score (nSPS) is 18.8. The number of fused-ring (bicyclic) bond motifs is 3.